The number of amides is 2. The second-order valence-corrected chi connectivity index (χ2v) is 8.69. The van der Waals surface area contributed by atoms with Crippen molar-refractivity contribution < 1.29 is 29.4 Å². The van der Waals surface area contributed by atoms with Gasteiger partial charge in [-0.25, -0.2) is 9.78 Å². The molecule has 1 saturated heterocycles. The molecule has 5 N–H and O–H groups in total. The summed E-state index contributed by atoms with van der Waals surface area (Å²) in [5, 5.41) is 24.7. The number of hydrogen-bond donors (Lipinski definition) is 4. The lowest BCUT2D eigenvalue weighted by molar-refractivity contribution is -0.148. The predicted octanol–water partition coefficient (Wildman–Crippen LogP) is 1.09. The zero-order chi connectivity index (χ0) is 21.1. The van der Waals surface area contributed by atoms with E-state index in [4.69, 9.17) is 20.8 Å². The number of rotatable bonds is 7. The first-order chi connectivity index (χ1) is 13.9. The quantitative estimate of drug-likeness (QED) is 0.116. The predicted molar refractivity (Wildman–Crippen MR) is 109 cm³/mol. The van der Waals surface area contributed by atoms with Gasteiger partial charge in [0.05, 0.1) is 4.91 Å². The average Bonchev–Trinajstić information content (AvgIpc) is 3.10. The van der Waals surface area contributed by atoms with Gasteiger partial charge >= 0.3 is 6.16 Å². The van der Waals surface area contributed by atoms with Crippen LogP contribution in [0, 0.1) is 0 Å². The molecule has 154 valence electrons. The fourth-order valence-corrected chi connectivity index (χ4v) is 5.45. The lowest BCUT2D eigenvalue weighted by Gasteiger charge is -2.48. The smallest absolute Gasteiger partial charge is 0.449 e. The lowest BCUT2D eigenvalue weighted by Crippen LogP contribution is -2.70. The van der Waals surface area contributed by atoms with Crippen LogP contribution in [0.25, 0.3) is 0 Å². The molecule has 2 amide bonds. The van der Waals surface area contributed by atoms with E-state index in [1.165, 1.54) is 33.8 Å². The fourth-order valence-electron chi connectivity index (χ4n) is 2.61. The normalized spacial score (nSPS) is 21.3. The van der Waals surface area contributed by atoms with E-state index in [0.717, 1.165) is 11.3 Å². The molecular formula is C15H15N5O6S3. The molecule has 29 heavy (non-hydrogen) atoms. The summed E-state index contributed by atoms with van der Waals surface area (Å²) >= 11 is 3.72. The van der Waals surface area contributed by atoms with Crippen LogP contribution in [0.1, 0.15) is 5.69 Å². The molecular weight excluding hydrogens is 442 g/mol. The first-order valence-electron chi connectivity index (χ1n) is 7.94. The van der Waals surface area contributed by atoms with Crippen molar-refractivity contribution in [2.24, 2.45) is 5.16 Å². The van der Waals surface area contributed by atoms with Crippen molar-refractivity contribution >= 4 is 63.7 Å². The minimum atomic E-state index is -1.54. The van der Waals surface area contributed by atoms with Crippen molar-refractivity contribution in [1.29, 1.82) is 0 Å². The van der Waals surface area contributed by atoms with Gasteiger partial charge in [-0.15, -0.1) is 41.4 Å². The number of ether oxygens (including phenoxy) is 1. The minimum absolute atomic E-state index is 0.0630. The molecule has 2 aliphatic heterocycles. The number of carboxylic acid groups (broad SMARTS) is 1. The summed E-state index contributed by atoms with van der Waals surface area (Å²) in [4.78, 5) is 41.8. The average molecular weight is 458 g/mol. The summed E-state index contributed by atoms with van der Waals surface area (Å²) in [6.07, 6.45) is 0.104. The molecule has 1 aromatic rings. The van der Waals surface area contributed by atoms with Crippen LogP contribution in [0.15, 0.2) is 34.0 Å². The zero-order valence-corrected chi connectivity index (χ0v) is 17.1. The number of aromatic nitrogens is 1. The number of nitrogens with one attached hydrogen (secondary N) is 1. The topological polar surface area (TPSA) is 167 Å². The fraction of sp³-hybridized carbons (Fsp3) is 0.267. The molecule has 3 heterocycles. The molecule has 2 atom stereocenters. The van der Waals surface area contributed by atoms with Crippen molar-refractivity contribution in [3.63, 3.8) is 0 Å². The Hall–Kier alpha value is -2.71. The van der Waals surface area contributed by atoms with Gasteiger partial charge in [-0.1, -0.05) is 11.2 Å². The number of carbonyl (C=O) groups excluding carboxylic acids is 2. The lowest BCUT2D eigenvalue weighted by atomic mass is 10.1. The van der Waals surface area contributed by atoms with Gasteiger partial charge in [0.25, 0.3) is 11.8 Å². The standard InChI is InChI=1S/C15H15N5O6S3/c1-2-3-27-7-5-28-13-9(11(22)20(13)12(7)26-15(23)24)18-10(21)8(19-25)6-4-29-14(16)17-6/h2,4,9,13,25H,1,3,5H2,(H2,16,17)(H,18,21)(H,23,24)/b19-8-/t9-,13+/m1/s1. The number of nitrogens with zero attached hydrogens (tertiary/aromatic N) is 3. The highest BCUT2D eigenvalue weighted by Gasteiger charge is 2.54. The van der Waals surface area contributed by atoms with E-state index < -0.39 is 29.4 Å². The highest BCUT2D eigenvalue weighted by molar-refractivity contribution is 8.06. The van der Waals surface area contributed by atoms with Crippen LogP contribution in [0.4, 0.5) is 9.93 Å². The number of β-lactam (4-membered cyclic amide) rings is 1. The Morgan fingerprint density at radius 3 is 2.93 bits per heavy atom. The Morgan fingerprint density at radius 2 is 2.34 bits per heavy atom. The molecule has 3 rings (SSSR count). The maximum atomic E-state index is 12.6. The van der Waals surface area contributed by atoms with E-state index in [9.17, 15) is 14.4 Å². The molecule has 2 aliphatic rings. The summed E-state index contributed by atoms with van der Waals surface area (Å²) in [7, 11) is 0. The second-order valence-electron chi connectivity index (χ2n) is 5.58. The summed E-state index contributed by atoms with van der Waals surface area (Å²) in [6.45, 7) is 3.61. The SMILES string of the molecule is C=CCSC1=C(OC(=O)O)N2C(=O)[C@@H](NC(=O)/C(=N\O)c3csc(N)n3)[C@@H]2SC1. The summed E-state index contributed by atoms with van der Waals surface area (Å²) in [5.74, 6) is -0.508. The summed E-state index contributed by atoms with van der Waals surface area (Å²) in [6, 6.07) is -0.946. The van der Waals surface area contributed by atoms with E-state index in [2.05, 4.69) is 22.0 Å². The molecule has 0 radical (unpaired) electrons. The molecule has 0 spiro atoms. The van der Waals surface area contributed by atoms with E-state index in [1.807, 2.05) is 0 Å². The third-order valence-corrected chi connectivity index (χ3v) is 7.02. The van der Waals surface area contributed by atoms with Crippen LogP contribution in [0.2, 0.25) is 0 Å². The number of thiazole rings is 1. The Morgan fingerprint density at radius 1 is 1.59 bits per heavy atom. The maximum Gasteiger partial charge on any atom is 0.512 e. The Labute approximate surface area is 176 Å². The van der Waals surface area contributed by atoms with Crippen molar-refractivity contribution in [2.75, 3.05) is 17.2 Å². The first kappa shape index (κ1) is 21.0. The molecule has 0 aliphatic carbocycles. The van der Waals surface area contributed by atoms with Gasteiger partial charge in [-0.2, -0.15) is 0 Å². The Bertz CT molecular complexity index is 929. The van der Waals surface area contributed by atoms with Crippen LogP contribution >= 0.6 is 34.9 Å². The second kappa shape index (κ2) is 8.75. The molecule has 0 bridgehead atoms. The summed E-state index contributed by atoms with van der Waals surface area (Å²) in [5.41, 5.74) is 5.21. The third kappa shape index (κ3) is 4.18. The van der Waals surface area contributed by atoms with E-state index in [-0.39, 0.29) is 22.4 Å². The van der Waals surface area contributed by atoms with Gasteiger partial charge in [0, 0.05) is 16.9 Å². The molecule has 0 unspecified atom stereocenters. The van der Waals surface area contributed by atoms with Crippen molar-refractivity contribution in [3.05, 3.63) is 34.5 Å². The van der Waals surface area contributed by atoms with Crippen molar-refractivity contribution in [3.8, 4) is 0 Å². The number of hydrogen-bond acceptors (Lipinski definition) is 11. The van der Waals surface area contributed by atoms with Crippen molar-refractivity contribution in [1.82, 2.24) is 15.2 Å². The molecule has 1 aromatic heterocycles. The number of thioether (sulfide) groups is 2. The number of fused-ring (bicyclic) bond motifs is 1. The molecule has 1 fully saturated rings. The molecule has 14 heteroatoms. The van der Waals surface area contributed by atoms with Gasteiger partial charge in [0.15, 0.2) is 10.8 Å². The van der Waals surface area contributed by atoms with Gasteiger partial charge in [0.1, 0.15) is 17.1 Å². The van der Waals surface area contributed by atoms with Crippen LogP contribution < -0.4 is 11.1 Å². The van der Waals surface area contributed by atoms with Gasteiger partial charge in [-0.3, -0.25) is 14.5 Å². The minimum Gasteiger partial charge on any atom is -0.449 e. The van der Waals surface area contributed by atoms with E-state index in [1.54, 1.807) is 6.08 Å². The highest BCUT2D eigenvalue weighted by Crippen LogP contribution is 2.43. The molecule has 0 saturated carbocycles. The van der Waals surface area contributed by atoms with Crippen LogP contribution in [-0.4, -0.2) is 66.8 Å². The number of anilines is 1. The monoisotopic (exact) mass is 457 g/mol. The molecule has 0 aromatic carbocycles. The van der Waals surface area contributed by atoms with Crippen LogP contribution in [0.3, 0.4) is 0 Å². The van der Waals surface area contributed by atoms with Crippen molar-refractivity contribution in [2.45, 2.75) is 11.4 Å². The van der Waals surface area contributed by atoms with Gasteiger partial charge in [0.2, 0.25) is 5.88 Å². The van der Waals surface area contributed by atoms with E-state index in [0.29, 0.717) is 16.4 Å². The Balaban J connectivity index is 1.76. The first-order valence-corrected chi connectivity index (χ1v) is 10.8. The van der Waals surface area contributed by atoms with Crippen LogP contribution in [-0.2, 0) is 14.3 Å². The van der Waals surface area contributed by atoms with Gasteiger partial charge < -0.3 is 26.1 Å². The maximum absolute atomic E-state index is 12.6. The third-order valence-electron chi connectivity index (χ3n) is 3.81. The van der Waals surface area contributed by atoms with Crippen LogP contribution in [0.5, 0.6) is 0 Å². The highest BCUT2D eigenvalue weighted by atomic mass is 32.2. The molecule has 11 nitrogen and oxygen atoms in total. The van der Waals surface area contributed by atoms with E-state index >= 15 is 0 Å². The Kier molecular flexibility index (Phi) is 6.34. The number of nitrogen functional groups attached to an aromatic ring is 1. The largest absolute Gasteiger partial charge is 0.512 e. The van der Waals surface area contributed by atoms with Gasteiger partial charge in [-0.05, 0) is 0 Å². The number of oxime groups is 1. The summed E-state index contributed by atoms with van der Waals surface area (Å²) < 4.78 is 4.83. The zero-order valence-electron chi connectivity index (χ0n) is 14.6. The number of carbonyl (C=O) groups is 3. The number of nitrogens with two attached hydrogens (primary N) is 1.